The lowest BCUT2D eigenvalue weighted by Crippen LogP contribution is -2.59. The quantitative estimate of drug-likeness (QED) is 0.532. The van der Waals surface area contributed by atoms with Gasteiger partial charge >= 0.3 is 0 Å². The Morgan fingerprint density at radius 2 is 1.91 bits per heavy atom. The van der Waals surface area contributed by atoms with Gasteiger partial charge in [-0.2, -0.15) is 0 Å². The summed E-state index contributed by atoms with van der Waals surface area (Å²) >= 11 is 0. The summed E-state index contributed by atoms with van der Waals surface area (Å²) in [6.45, 7) is 6.35. The standard InChI is InChI=1S/C29H32N2O/c1-2-13-29-18-22-17-27(32)21(15-20-8-4-3-5-9-20)16-23(22)19-31(29)14-12-25-24-10-6-7-11-26(24)30-28(25)29/h2-11,15,22-23,27,30,32H,1,12-14,16-19H2/t22?,23?,27-,29-/m0/s1. The third-order valence-corrected chi connectivity index (χ3v) is 8.32. The molecule has 6 rings (SSSR count). The Hall–Kier alpha value is -2.62. The molecule has 3 heterocycles. The Bertz CT molecular complexity index is 1180. The number of nitrogens with zero attached hydrogens (tertiary/aromatic N) is 1. The molecule has 3 nitrogen and oxygen atoms in total. The van der Waals surface area contributed by atoms with Crippen LogP contribution in [0.5, 0.6) is 0 Å². The number of fused-ring (bicyclic) bond motifs is 6. The Labute approximate surface area is 190 Å². The molecule has 32 heavy (non-hydrogen) atoms. The molecule has 164 valence electrons. The Kier molecular flexibility index (Phi) is 4.85. The van der Waals surface area contributed by atoms with Crippen LogP contribution in [-0.2, 0) is 12.0 Å². The summed E-state index contributed by atoms with van der Waals surface area (Å²) in [5.74, 6) is 1.14. The smallest absolute Gasteiger partial charge is 0.0756 e. The Morgan fingerprint density at radius 1 is 1.09 bits per heavy atom. The molecule has 0 radical (unpaired) electrons. The molecule has 2 aromatic carbocycles. The monoisotopic (exact) mass is 424 g/mol. The van der Waals surface area contributed by atoms with E-state index in [2.05, 4.69) is 77.1 Å². The number of aliphatic hydroxyl groups excluding tert-OH is 1. The van der Waals surface area contributed by atoms with Crippen LogP contribution >= 0.6 is 0 Å². The summed E-state index contributed by atoms with van der Waals surface area (Å²) in [5, 5.41) is 12.5. The van der Waals surface area contributed by atoms with Crippen LogP contribution in [0.2, 0.25) is 0 Å². The summed E-state index contributed by atoms with van der Waals surface area (Å²) in [4.78, 5) is 6.57. The van der Waals surface area contributed by atoms with E-state index in [1.165, 1.54) is 33.3 Å². The van der Waals surface area contributed by atoms with E-state index in [0.717, 1.165) is 45.2 Å². The van der Waals surface area contributed by atoms with Gasteiger partial charge in [0.25, 0.3) is 0 Å². The van der Waals surface area contributed by atoms with Gasteiger partial charge in [-0.1, -0.05) is 60.7 Å². The van der Waals surface area contributed by atoms with Gasteiger partial charge < -0.3 is 10.1 Å². The molecule has 2 fully saturated rings. The van der Waals surface area contributed by atoms with E-state index in [1.54, 1.807) is 0 Å². The molecule has 1 saturated heterocycles. The Balaban J connectivity index is 1.36. The first-order chi connectivity index (χ1) is 15.7. The fraction of sp³-hybridized carbons (Fsp3) is 0.379. The van der Waals surface area contributed by atoms with Crippen LogP contribution in [0.25, 0.3) is 17.0 Å². The number of aliphatic hydroxyl groups is 1. The maximum absolute atomic E-state index is 11.1. The summed E-state index contributed by atoms with van der Waals surface area (Å²) in [6, 6.07) is 19.2. The minimum Gasteiger partial charge on any atom is -0.389 e. The Morgan fingerprint density at radius 3 is 2.75 bits per heavy atom. The van der Waals surface area contributed by atoms with E-state index in [1.807, 2.05) is 6.07 Å². The number of piperidine rings is 1. The van der Waals surface area contributed by atoms with Gasteiger partial charge in [-0.25, -0.2) is 0 Å². The van der Waals surface area contributed by atoms with Gasteiger partial charge in [-0.05, 0) is 66.7 Å². The number of hydrogen-bond acceptors (Lipinski definition) is 2. The fourth-order valence-corrected chi connectivity index (χ4v) is 6.86. The fourth-order valence-electron chi connectivity index (χ4n) is 6.86. The lowest BCUT2D eigenvalue weighted by Gasteiger charge is -2.56. The van der Waals surface area contributed by atoms with E-state index < -0.39 is 0 Å². The predicted molar refractivity (Wildman–Crippen MR) is 131 cm³/mol. The van der Waals surface area contributed by atoms with E-state index in [9.17, 15) is 5.11 Å². The largest absolute Gasteiger partial charge is 0.389 e. The average molecular weight is 425 g/mol. The molecule has 1 saturated carbocycles. The van der Waals surface area contributed by atoms with Crippen LogP contribution in [0, 0.1) is 11.8 Å². The lowest BCUT2D eigenvalue weighted by molar-refractivity contribution is -0.0487. The van der Waals surface area contributed by atoms with Gasteiger partial charge in [0.2, 0.25) is 0 Å². The summed E-state index contributed by atoms with van der Waals surface area (Å²) in [7, 11) is 0. The van der Waals surface area contributed by atoms with Crippen LogP contribution in [0.3, 0.4) is 0 Å². The molecular weight excluding hydrogens is 392 g/mol. The topological polar surface area (TPSA) is 39.3 Å². The normalized spacial score (nSPS) is 31.2. The maximum Gasteiger partial charge on any atom is 0.0756 e. The molecule has 3 heteroatoms. The first-order valence-electron chi connectivity index (χ1n) is 12.1. The minimum atomic E-state index is -0.338. The van der Waals surface area contributed by atoms with E-state index >= 15 is 0 Å². The van der Waals surface area contributed by atoms with Crippen molar-refractivity contribution >= 4 is 17.0 Å². The molecular formula is C29H32N2O. The second kappa shape index (κ2) is 7.75. The van der Waals surface area contributed by atoms with Gasteiger partial charge in [0, 0.05) is 29.7 Å². The van der Waals surface area contributed by atoms with E-state index in [0.29, 0.717) is 11.8 Å². The van der Waals surface area contributed by atoms with Crippen molar-refractivity contribution in [3.8, 4) is 0 Å². The highest BCUT2D eigenvalue weighted by Crippen LogP contribution is 2.53. The van der Waals surface area contributed by atoms with Crippen molar-refractivity contribution in [2.45, 2.75) is 43.7 Å². The van der Waals surface area contributed by atoms with Crippen LogP contribution in [-0.4, -0.2) is 34.2 Å². The molecule has 0 amide bonds. The highest BCUT2D eigenvalue weighted by molar-refractivity contribution is 5.85. The highest BCUT2D eigenvalue weighted by atomic mass is 16.3. The van der Waals surface area contributed by atoms with Crippen molar-refractivity contribution in [1.82, 2.24) is 9.88 Å². The van der Waals surface area contributed by atoms with Gasteiger partial charge in [0.15, 0.2) is 0 Å². The molecule has 1 aliphatic carbocycles. The van der Waals surface area contributed by atoms with Crippen LogP contribution < -0.4 is 0 Å². The van der Waals surface area contributed by atoms with Gasteiger partial charge in [0.05, 0.1) is 11.6 Å². The van der Waals surface area contributed by atoms with Crippen molar-refractivity contribution < 1.29 is 5.11 Å². The summed E-state index contributed by atoms with van der Waals surface area (Å²) in [6.07, 6.45) is 9.01. The predicted octanol–water partition coefficient (Wildman–Crippen LogP) is 5.67. The zero-order valence-electron chi connectivity index (χ0n) is 18.6. The highest BCUT2D eigenvalue weighted by Gasteiger charge is 2.51. The number of nitrogens with one attached hydrogen (secondary N) is 1. The zero-order valence-corrected chi connectivity index (χ0v) is 18.6. The number of para-hydroxylation sites is 1. The van der Waals surface area contributed by atoms with Gasteiger partial charge in [-0.15, -0.1) is 6.58 Å². The number of aromatic amines is 1. The van der Waals surface area contributed by atoms with Crippen molar-refractivity contribution in [1.29, 1.82) is 0 Å². The molecule has 2 N–H and O–H groups in total. The number of aromatic nitrogens is 1. The third kappa shape index (κ3) is 3.10. The first kappa shape index (κ1) is 20.0. The van der Waals surface area contributed by atoms with Crippen molar-refractivity contribution in [2.24, 2.45) is 11.8 Å². The van der Waals surface area contributed by atoms with Crippen LogP contribution in [0.4, 0.5) is 0 Å². The minimum absolute atomic E-state index is 0.0180. The number of hydrogen-bond donors (Lipinski definition) is 2. The molecule has 0 spiro atoms. The molecule has 2 aliphatic heterocycles. The molecule has 4 atom stereocenters. The summed E-state index contributed by atoms with van der Waals surface area (Å²) < 4.78 is 0. The second-order valence-electron chi connectivity index (χ2n) is 10.1. The van der Waals surface area contributed by atoms with Crippen molar-refractivity contribution in [3.05, 3.63) is 89.6 Å². The van der Waals surface area contributed by atoms with Crippen molar-refractivity contribution in [3.63, 3.8) is 0 Å². The van der Waals surface area contributed by atoms with Crippen molar-refractivity contribution in [2.75, 3.05) is 13.1 Å². The summed E-state index contributed by atoms with van der Waals surface area (Å²) in [5.41, 5.74) is 6.54. The number of rotatable bonds is 3. The van der Waals surface area contributed by atoms with Crippen LogP contribution in [0.1, 0.15) is 42.5 Å². The SMILES string of the molecule is C=CC[C@@]12CC3C[C@H](O)C(=Cc4ccccc4)CC3CN1CCc1c2[nH]c2ccccc12. The number of H-pyrrole nitrogens is 1. The zero-order chi connectivity index (χ0) is 21.7. The van der Waals surface area contributed by atoms with Gasteiger partial charge in [0.1, 0.15) is 0 Å². The molecule has 2 unspecified atom stereocenters. The van der Waals surface area contributed by atoms with E-state index in [4.69, 9.17) is 0 Å². The second-order valence-corrected chi connectivity index (χ2v) is 10.1. The first-order valence-corrected chi connectivity index (χ1v) is 12.1. The number of benzene rings is 2. The molecule has 3 aliphatic rings. The maximum atomic E-state index is 11.1. The molecule has 0 bridgehead atoms. The van der Waals surface area contributed by atoms with E-state index in [-0.39, 0.29) is 11.6 Å². The van der Waals surface area contributed by atoms with Crippen LogP contribution in [0.15, 0.2) is 72.8 Å². The van der Waals surface area contributed by atoms with Gasteiger partial charge in [-0.3, -0.25) is 4.90 Å². The average Bonchev–Trinajstić information content (AvgIpc) is 3.19. The molecule has 1 aromatic heterocycles. The lowest BCUT2D eigenvalue weighted by atomic mass is 9.63. The third-order valence-electron chi connectivity index (χ3n) is 8.32. The molecule has 3 aromatic rings.